The Morgan fingerprint density at radius 2 is 1.74 bits per heavy atom. The molecule has 1 aliphatic heterocycles. The summed E-state index contributed by atoms with van der Waals surface area (Å²) in [5, 5.41) is 3.12. The van der Waals surface area contributed by atoms with Crippen molar-refractivity contribution in [1.82, 2.24) is 10.2 Å². The number of nitrogens with one attached hydrogen (secondary N) is 1. The maximum atomic E-state index is 13.5. The van der Waals surface area contributed by atoms with Crippen molar-refractivity contribution < 1.29 is 27.5 Å². The zero-order valence-electron chi connectivity index (χ0n) is 19.3. The van der Waals surface area contributed by atoms with Gasteiger partial charge in [-0.15, -0.1) is 0 Å². The van der Waals surface area contributed by atoms with E-state index in [0.717, 1.165) is 16.1 Å². The molecular formula is C23H28ClN3O6S. The van der Waals surface area contributed by atoms with Crippen LogP contribution in [0.3, 0.4) is 0 Å². The van der Waals surface area contributed by atoms with Crippen LogP contribution in [-0.4, -0.2) is 64.2 Å². The molecule has 0 aliphatic carbocycles. The molecule has 0 spiro atoms. The molecular weight excluding hydrogens is 482 g/mol. The number of fused-ring (bicyclic) bond motifs is 1. The van der Waals surface area contributed by atoms with Crippen molar-refractivity contribution in [2.75, 3.05) is 37.4 Å². The Morgan fingerprint density at radius 3 is 2.32 bits per heavy atom. The van der Waals surface area contributed by atoms with Gasteiger partial charge in [0.15, 0.2) is 11.5 Å². The molecule has 34 heavy (non-hydrogen) atoms. The number of rotatable bonds is 9. The number of sulfonamides is 1. The van der Waals surface area contributed by atoms with Crippen LogP contribution < -0.4 is 19.1 Å². The van der Waals surface area contributed by atoms with Crippen molar-refractivity contribution in [3.05, 3.63) is 53.1 Å². The molecule has 9 nitrogen and oxygen atoms in total. The van der Waals surface area contributed by atoms with Crippen LogP contribution in [-0.2, 0) is 26.2 Å². The molecule has 2 aromatic rings. The molecule has 1 unspecified atom stereocenters. The molecule has 2 amide bonds. The first kappa shape index (κ1) is 25.6. The third-order valence-corrected chi connectivity index (χ3v) is 6.78. The minimum atomic E-state index is -3.84. The van der Waals surface area contributed by atoms with Crippen LogP contribution in [0.1, 0.15) is 18.9 Å². The van der Waals surface area contributed by atoms with Crippen LogP contribution >= 0.6 is 11.6 Å². The van der Waals surface area contributed by atoms with Gasteiger partial charge in [0.25, 0.3) is 0 Å². The minimum Gasteiger partial charge on any atom is -0.486 e. The molecule has 184 valence electrons. The second-order valence-electron chi connectivity index (χ2n) is 7.78. The molecule has 0 saturated carbocycles. The van der Waals surface area contributed by atoms with Crippen molar-refractivity contribution in [3.63, 3.8) is 0 Å². The summed E-state index contributed by atoms with van der Waals surface area (Å²) in [5.74, 6) is 0.0465. The fraction of sp³-hybridized carbons (Fsp3) is 0.391. The smallest absolute Gasteiger partial charge is 0.244 e. The van der Waals surface area contributed by atoms with Gasteiger partial charge in [0, 0.05) is 24.7 Å². The molecule has 0 bridgehead atoms. The Balaban J connectivity index is 1.94. The van der Waals surface area contributed by atoms with E-state index in [0.29, 0.717) is 36.2 Å². The number of benzene rings is 2. The molecule has 1 atom stereocenters. The lowest BCUT2D eigenvalue weighted by atomic mass is 10.1. The summed E-state index contributed by atoms with van der Waals surface area (Å²) in [6.07, 6.45) is 1.37. The summed E-state index contributed by atoms with van der Waals surface area (Å²) in [5.41, 5.74) is 1.02. The molecule has 3 rings (SSSR count). The Bertz CT molecular complexity index is 1140. The number of hydrogen-bond acceptors (Lipinski definition) is 6. The number of carbonyl (C=O) groups is 2. The number of amides is 2. The summed E-state index contributed by atoms with van der Waals surface area (Å²) < 4.78 is 37.4. The minimum absolute atomic E-state index is 0.112. The lowest BCUT2D eigenvalue weighted by Crippen LogP contribution is -2.51. The fourth-order valence-electron chi connectivity index (χ4n) is 3.67. The van der Waals surface area contributed by atoms with Crippen LogP contribution in [0.25, 0.3) is 0 Å². The first-order valence-electron chi connectivity index (χ1n) is 10.8. The molecule has 0 fully saturated rings. The van der Waals surface area contributed by atoms with Gasteiger partial charge in [-0.1, -0.05) is 30.7 Å². The van der Waals surface area contributed by atoms with Crippen molar-refractivity contribution in [2.45, 2.75) is 25.9 Å². The van der Waals surface area contributed by atoms with Crippen LogP contribution in [0, 0.1) is 0 Å². The molecule has 11 heteroatoms. The van der Waals surface area contributed by atoms with E-state index < -0.39 is 28.5 Å². The van der Waals surface area contributed by atoms with E-state index in [-0.39, 0.29) is 18.1 Å². The van der Waals surface area contributed by atoms with E-state index in [9.17, 15) is 18.0 Å². The van der Waals surface area contributed by atoms with E-state index in [1.165, 1.54) is 18.0 Å². The van der Waals surface area contributed by atoms with Crippen LogP contribution in [0.15, 0.2) is 42.5 Å². The standard InChI is InChI=1S/C23H28ClN3O6S/c1-4-19(23(29)25-2)26(14-16-5-7-17(24)8-6-16)22(28)15-27(34(3,30)31)18-9-10-20-21(13-18)33-12-11-32-20/h5-10,13,19H,4,11-12,14-15H2,1-3H3,(H,25,29). The van der Waals surface area contributed by atoms with Crippen LogP contribution in [0.5, 0.6) is 11.5 Å². The maximum absolute atomic E-state index is 13.5. The van der Waals surface area contributed by atoms with Gasteiger partial charge in [-0.25, -0.2) is 8.42 Å². The average molecular weight is 510 g/mol. The average Bonchev–Trinajstić information content (AvgIpc) is 2.82. The van der Waals surface area contributed by atoms with Crippen LogP contribution in [0.4, 0.5) is 5.69 Å². The highest BCUT2D eigenvalue weighted by Crippen LogP contribution is 2.34. The number of likely N-dealkylation sites (N-methyl/N-ethyl adjacent to an activating group) is 1. The second-order valence-corrected chi connectivity index (χ2v) is 10.1. The molecule has 1 N–H and O–H groups in total. The summed E-state index contributed by atoms with van der Waals surface area (Å²) in [7, 11) is -2.34. The number of anilines is 1. The Morgan fingerprint density at radius 1 is 1.09 bits per heavy atom. The maximum Gasteiger partial charge on any atom is 0.244 e. The predicted octanol–water partition coefficient (Wildman–Crippen LogP) is 2.43. The first-order chi connectivity index (χ1) is 16.1. The zero-order chi connectivity index (χ0) is 24.9. The highest BCUT2D eigenvalue weighted by molar-refractivity contribution is 7.92. The quantitative estimate of drug-likeness (QED) is 0.556. The summed E-state index contributed by atoms with van der Waals surface area (Å²) in [6, 6.07) is 10.8. The number of halogens is 1. The monoisotopic (exact) mass is 509 g/mol. The lowest BCUT2D eigenvalue weighted by molar-refractivity contribution is -0.140. The SMILES string of the molecule is CCC(C(=O)NC)N(Cc1ccc(Cl)cc1)C(=O)CN(c1ccc2c(c1)OCCO2)S(C)(=O)=O. The molecule has 2 aromatic carbocycles. The molecule has 1 heterocycles. The number of nitrogens with zero attached hydrogens (tertiary/aromatic N) is 2. The van der Waals surface area contributed by atoms with Gasteiger partial charge >= 0.3 is 0 Å². The van der Waals surface area contributed by atoms with Gasteiger partial charge < -0.3 is 19.7 Å². The van der Waals surface area contributed by atoms with E-state index in [1.54, 1.807) is 43.3 Å². The van der Waals surface area contributed by atoms with E-state index >= 15 is 0 Å². The van der Waals surface area contributed by atoms with Crippen LogP contribution in [0.2, 0.25) is 5.02 Å². The Labute approximate surface area is 204 Å². The van der Waals surface area contributed by atoms with E-state index in [4.69, 9.17) is 21.1 Å². The molecule has 1 aliphatic rings. The highest BCUT2D eigenvalue weighted by Gasteiger charge is 2.31. The normalized spacial score (nSPS) is 13.6. The van der Waals surface area contributed by atoms with Gasteiger partial charge in [0.2, 0.25) is 21.8 Å². The fourth-order valence-corrected chi connectivity index (χ4v) is 4.64. The van der Waals surface area contributed by atoms with Crippen molar-refractivity contribution in [2.24, 2.45) is 0 Å². The third kappa shape index (κ3) is 6.12. The van der Waals surface area contributed by atoms with Crippen molar-refractivity contribution in [1.29, 1.82) is 0 Å². The highest BCUT2D eigenvalue weighted by atomic mass is 35.5. The molecule has 0 aromatic heterocycles. The Kier molecular flexibility index (Phi) is 8.27. The molecule has 0 radical (unpaired) electrons. The van der Waals surface area contributed by atoms with Crippen molar-refractivity contribution >= 4 is 39.1 Å². The first-order valence-corrected chi connectivity index (χ1v) is 13.0. The topological polar surface area (TPSA) is 105 Å². The van der Waals surface area contributed by atoms with Crippen molar-refractivity contribution in [3.8, 4) is 11.5 Å². The summed E-state index contributed by atoms with van der Waals surface area (Å²) >= 11 is 5.97. The summed E-state index contributed by atoms with van der Waals surface area (Å²) in [6.45, 7) is 2.16. The third-order valence-electron chi connectivity index (χ3n) is 5.39. The zero-order valence-corrected chi connectivity index (χ0v) is 20.9. The largest absolute Gasteiger partial charge is 0.486 e. The second kappa shape index (κ2) is 11.0. The number of carbonyl (C=O) groups excluding carboxylic acids is 2. The van der Waals surface area contributed by atoms with Gasteiger partial charge in [-0.3, -0.25) is 13.9 Å². The summed E-state index contributed by atoms with van der Waals surface area (Å²) in [4.78, 5) is 27.5. The van der Waals surface area contributed by atoms with E-state index in [1.807, 2.05) is 0 Å². The molecule has 0 saturated heterocycles. The predicted molar refractivity (Wildman–Crippen MR) is 130 cm³/mol. The van der Waals surface area contributed by atoms with Gasteiger partial charge in [-0.05, 0) is 36.2 Å². The van der Waals surface area contributed by atoms with E-state index in [2.05, 4.69) is 5.32 Å². The van der Waals surface area contributed by atoms with Gasteiger partial charge in [0.05, 0.1) is 11.9 Å². The lowest BCUT2D eigenvalue weighted by Gasteiger charge is -2.32. The number of ether oxygens (including phenoxy) is 2. The van der Waals surface area contributed by atoms with Gasteiger partial charge in [-0.2, -0.15) is 0 Å². The van der Waals surface area contributed by atoms with Gasteiger partial charge in [0.1, 0.15) is 25.8 Å². The Hall–Kier alpha value is -2.98. The number of hydrogen-bond donors (Lipinski definition) is 1.